The fraction of sp³-hybridized carbons (Fsp3) is 0.412. The smallest absolute Gasteiger partial charge is 0.127 e. The fourth-order valence-corrected chi connectivity index (χ4v) is 3.90. The molecule has 1 aliphatic heterocycles. The molecule has 0 amide bonds. The lowest BCUT2D eigenvalue weighted by Crippen LogP contribution is -2.28. The predicted molar refractivity (Wildman–Crippen MR) is 82.3 cm³/mol. The minimum atomic E-state index is -0.0818. The van der Waals surface area contributed by atoms with E-state index in [1.807, 2.05) is 23.5 Å². The number of benzene rings is 1. The van der Waals surface area contributed by atoms with E-state index in [-0.39, 0.29) is 5.82 Å². The zero-order valence-corrected chi connectivity index (χ0v) is 12.4. The minimum Gasteiger partial charge on any atom is -0.291 e. The molecule has 0 radical (unpaired) electrons. The summed E-state index contributed by atoms with van der Waals surface area (Å²) in [6, 6.07) is 12.0. The monoisotopic (exact) mass is 289 g/mol. The molecule has 20 heavy (non-hydrogen) atoms. The quantitative estimate of drug-likeness (QED) is 0.768. The van der Waals surface area contributed by atoms with Crippen molar-refractivity contribution >= 4 is 11.3 Å². The van der Waals surface area contributed by atoms with Gasteiger partial charge in [-0.2, -0.15) is 0 Å². The van der Waals surface area contributed by atoms with E-state index in [0.717, 1.165) is 18.7 Å². The molecule has 2 aromatic rings. The van der Waals surface area contributed by atoms with Crippen molar-refractivity contribution in [1.82, 2.24) is 4.90 Å². The molecule has 1 aromatic heterocycles. The van der Waals surface area contributed by atoms with Crippen molar-refractivity contribution in [2.24, 2.45) is 0 Å². The number of nitrogens with zero attached hydrogens (tertiary/aromatic N) is 1. The van der Waals surface area contributed by atoms with Gasteiger partial charge in [0.1, 0.15) is 5.82 Å². The van der Waals surface area contributed by atoms with Crippen LogP contribution in [0.15, 0.2) is 41.8 Å². The Hall–Kier alpha value is -1.19. The van der Waals surface area contributed by atoms with Crippen molar-refractivity contribution in [2.45, 2.75) is 38.3 Å². The Bertz CT molecular complexity index is 538. The molecule has 3 heteroatoms. The van der Waals surface area contributed by atoms with E-state index in [4.69, 9.17) is 0 Å². The Kier molecular flexibility index (Phi) is 4.48. The highest BCUT2D eigenvalue weighted by Gasteiger charge is 2.24. The number of rotatable bonds is 3. The highest BCUT2D eigenvalue weighted by Crippen LogP contribution is 2.33. The van der Waals surface area contributed by atoms with E-state index >= 15 is 0 Å². The van der Waals surface area contributed by atoms with Crippen LogP contribution in [0.5, 0.6) is 0 Å². The van der Waals surface area contributed by atoms with E-state index in [1.54, 1.807) is 12.1 Å². The van der Waals surface area contributed by atoms with Crippen molar-refractivity contribution in [1.29, 1.82) is 0 Å². The van der Waals surface area contributed by atoms with Crippen LogP contribution in [0.3, 0.4) is 0 Å². The molecule has 0 unspecified atom stereocenters. The van der Waals surface area contributed by atoms with E-state index in [1.165, 1.54) is 30.6 Å². The van der Waals surface area contributed by atoms with Crippen molar-refractivity contribution < 1.29 is 4.39 Å². The number of hydrogen-bond donors (Lipinski definition) is 0. The van der Waals surface area contributed by atoms with Gasteiger partial charge in [0, 0.05) is 23.0 Å². The van der Waals surface area contributed by atoms with Crippen LogP contribution in [0.4, 0.5) is 4.39 Å². The fourth-order valence-electron chi connectivity index (χ4n) is 3.01. The second-order valence-electron chi connectivity index (χ2n) is 5.44. The van der Waals surface area contributed by atoms with Crippen LogP contribution in [0.1, 0.15) is 42.2 Å². The number of thiophene rings is 1. The summed E-state index contributed by atoms with van der Waals surface area (Å²) in [4.78, 5) is 3.88. The lowest BCUT2D eigenvalue weighted by atomic mass is 10.1. The predicted octanol–water partition coefficient (Wildman–Crippen LogP) is 5.00. The lowest BCUT2D eigenvalue weighted by Gasteiger charge is -2.29. The summed E-state index contributed by atoms with van der Waals surface area (Å²) in [6.45, 7) is 1.78. The molecule has 3 rings (SSSR count). The maximum absolute atomic E-state index is 13.9. The molecule has 0 bridgehead atoms. The molecule has 1 aliphatic rings. The van der Waals surface area contributed by atoms with Crippen molar-refractivity contribution in [3.8, 4) is 0 Å². The second kappa shape index (κ2) is 6.51. The number of likely N-dealkylation sites (tertiary alicyclic amines) is 1. The molecule has 0 saturated carbocycles. The van der Waals surface area contributed by atoms with Crippen molar-refractivity contribution in [3.63, 3.8) is 0 Å². The van der Waals surface area contributed by atoms with Crippen LogP contribution in [0.25, 0.3) is 0 Å². The van der Waals surface area contributed by atoms with Gasteiger partial charge in [-0.05, 0) is 36.9 Å². The molecular weight excluding hydrogens is 269 g/mol. The summed E-state index contributed by atoms with van der Waals surface area (Å²) < 4.78 is 13.9. The maximum atomic E-state index is 13.9. The molecule has 0 aliphatic carbocycles. The molecule has 1 fully saturated rings. The van der Waals surface area contributed by atoms with Crippen LogP contribution in [-0.2, 0) is 6.54 Å². The third-order valence-corrected chi connectivity index (χ3v) is 5.04. The average molecular weight is 289 g/mol. The summed E-state index contributed by atoms with van der Waals surface area (Å²) in [7, 11) is 0. The molecule has 0 N–H and O–H groups in total. The topological polar surface area (TPSA) is 3.24 Å². The molecule has 2 heterocycles. The Balaban J connectivity index is 1.82. The van der Waals surface area contributed by atoms with Gasteiger partial charge in [-0.1, -0.05) is 37.1 Å². The Morgan fingerprint density at radius 1 is 1.10 bits per heavy atom. The SMILES string of the molecule is Fc1ccccc1CN1CCCCC[C@H]1c1cccs1. The van der Waals surface area contributed by atoms with Crippen molar-refractivity contribution in [3.05, 3.63) is 58.0 Å². The first-order chi connectivity index (χ1) is 9.84. The van der Waals surface area contributed by atoms with E-state index in [9.17, 15) is 4.39 Å². The summed E-state index contributed by atoms with van der Waals surface area (Å²) in [5.74, 6) is -0.0818. The molecule has 1 aromatic carbocycles. The summed E-state index contributed by atoms with van der Waals surface area (Å²) >= 11 is 1.82. The van der Waals surface area contributed by atoms with Gasteiger partial charge in [-0.15, -0.1) is 11.3 Å². The van der Waals surface area contributed by atoms with Crippen molar-refractivity contribution in [2.75, 3.05) is 6.54 Å². The van der Waals surface area contributed by atoms with E-state index in [0.29, 0.717) is 6.04 Å². The molecule has 106 valence electrons. The molecule has 1 atom stereocenters. The molecular formula is C17H20FNS. The maximum Gasteiger partial charge on any atom is 0.127 e. The molecule has 1 saturated heterocycles. The second-order valence-corrected chi connectivity index (χ2v) is 6.42. The zero-order valence-electron chi connectivity index (χ0n) is 11.6. The first-order valence-electron chi connectivity index (χ1n) is 7.35. The van der Waals surface area contributed by atoms with E-state index in [2.05, 4.69) is 22.4 Å². The minimum absolute atomic E-state index is 0.0818. The Morgan fingerprint density at radius 2 is 2.00 bits per heavy atom. The first kappa shape index (κ1) is 13.8. The van der Waals surface area contributed by atoms with Crippen LogP contribution in [0, 0.1) is 5.82 Å². The number of halogens is 1. The number of hydrogen-bond acceptors (Lipinski definition) is 2. The van der Waals surface area contributed by atoms with Crippen LogP contribution in [-0.4, -0.2) is 11.4 Å². The van der Waals surface area contributed by atoms with E-state index < -0.39 is 0 Å². The average Bonchev–Trinajstić information content (AvgIpc) is 2.89. The molecule has 0 spiro atoms. The van der Waals surface area contributed by atoms with Gasteiger partial charge in [0.2, 0.25) is 0 Å². The van der Waals surface area contributed by atoms with Crippen LogP contribution >= 0.6 is 11.3 Å². The standard InChI is InChI=1S/C17H20FNS/c18-15-8-4-3-7-14(15)13-19-11-5-1-2-9-16(19)17-10-6-12-20-17/h3-4,6-8,10,12,16H,1-2,5,9,11,13H2/t16-/m0/s1. The van der Waals surface area contributed by atoms with Crippen LogP contribution < -0.4 is 0 Å². The normalized spacial score (nSPS) is 20.8. The van der Waals surface area contributed by atoms with Crippen LogP contribution in [0.2, 0.25) is 0 Å². The van der Waals surface area contributed by atoms with Gasteiger partial charge in [-0.25, -0.2) is 4.39 Å². The zero-order chi connectivity index (χ0) is 13.8. The highest BCUT2D eigenvalue weighted by molar-refractivity contribution is 7.10. The van der Waals surface area contributed by atoms with Gasteiger partial charge >= 0.3 is 0 Å². The Labute approximate surface area is 124 Å². The lowest BCUT2D eigenvalue weighted by molar-refractivity contribution is 0.193. The summed E-state index contributed by atoms with van der Waals surface area (Å²) in [5, 5.41) is 2.14. The summed E-state index contributed by atoms with van der Waals surface area (Å²) in [5.41, 5.74) is 0.816. The first-order valence-corrected chi connectivity index (χ1v) is 8.23. The van der Waals surface area contributed by atoms with Gasteiger partial charge in [-0.3, -0.25) is 4.90 Å². The largest absolute Gasteiger partial charge is 0.291 e. The molecule has 1 nitrogen and oxygen atoms in total. The van der Waals surface area contributed by atoms with Gasteiger partial charge in [0.25, 0.3) is 0 Å². The highest BCUT2D eigenvalue weighted by atomic mass is 32.1. The van der Waals surface area contributed by atoms with Gasteiger partial charge in [0.15, 0.2) is 0 Å². The van der Waals surface area contributed by atoms with Gasteiger partial charge < -0.3 is 0 Å². The third-order valence-electron chi connectivity index (χ3n) is 4.07. The Morgan fingerprint density at radius 3 is 2.80 bits per heavy atom. The third kappa shape index (κ3) is 3.10. The summed E-state index contributed by atoms with van der Waals surface area (Å²) in [6.07, 6.45) is 4.97. The van der Waals surface area contributed by atoms with Gasteiger partial charge in [0.05, 0.1) is 0 Å².